The molecule has 3 aromatic rings. The summed E-state index contributed by atoms with van der Waals surface area (Å²) in [7, 11) is -1.50. The van der Waals surface area contributed by atoms with Crippen molar-refractivity contribution in [3.05, 3.63) is 90.0 Å². The first kappa shape index (κ1) is 22.3. The van der Waals surface area contributed by atoms with Gasteiger partial charge in [-0.3, -0.25) is 4.90 Å². The number of likely N-dealkylation sites (tertiary alicyclic amines) is 1. The number of quaternary nitrogens is 1. The molecule has 2 aliphatic heterocycles. The van der Waals surface area contributed by atoms with Crippen molar-refractivity contribution in [3.8, 4) is 11.1 Å². The molecule has 0 aliphatic carbocycles. The summed E-state index contributed by atoms with van der Waals surface area (Å²) in [5, 5.41) is 0. The lowest BCUT2D eigenvalue weighted by Gasteiger charge is -2.43. The third-order valence-corrected chi connectivity index (χ3v) is 9.79. The van der Waals surface area contributed by atoms with E-state index in [2.05, 4.69) is 47.4 Å². The van der Waals surface area contributed by atoms with Gasteiger partial charge in [0.25, 0.3) is 0 Å². The fraction of sp³-hybridized carbons (Fsp3) is 0.357. The predicted octanol–water partition coefficient (Wildman–Crippen LogP) is 4.88. The zero-order valence-electron chi connectivity index (χ0n) is 19.4. The van der Waals surface area contributed by atoms with E-state index in [9.17, 15) is 8.42 Å². The Kier molecular flexibility index (Phi) is 6.12. The van der Waals surface area contributed by atoms with Gasteiger partial charge in [-0.1, -0.05) is 72.8 Å². The summed E-state index contributed by atoms with van der Waals surface area (Å²) in [6.45, 7) is 2.80. The highest BCUT2D eigenvalue weighted by Crippen LogP contribution is 2.37. The smallest absolute Gasteiger partial charge is 0.295 e. The van der Waals surface area contributed by atoms with Crippen molar-refractivity contribution in [1.29, 1.82) is 0 Å². The molecule has 5 rings (SSSR count). The van der Waals surface area contributed by atoms with Crippen LogP contribution in [0, 0.1) is 0 Å². The number of aryl methyl sites for hydroxylation is 1. The maximum atomic E-state index is 13.8. The average Bonchev–Trinajstić information content (AvgIpc) is 3.39. The standard InChI is InChI=1S/C28H33N2O2S/c1-30(22-27(29-18-7-8-19-29)21-26-11-5-6-12-28(26)30)33(31,32)20-17-23-13-15-25(16-14-23)24-9-3-2-4-10-24/h2-6,9-16,27H,7-8,17-22H2,1H3/q+1. The molecule has 2 atom stereocenters. The Labute approximate surface area is 198 Å². The molecule has 1 fully saturated rings. The third-order valence-electron chi connectivity index (χ3n) is 7.50. The van der Waals surface area contributed by atoms with E-state index in [4.69, 9.17) is 0 Å². The van der Waals surface area contributed by atoms with Gasteiger partial charge in [0.1, 0.15) is 12.3 Å². The number of hydrogen-bond acceptors (Lipinski definition) is 3. The van der Waals surface area contributed by atoms with E-state index < -0.39 is 10.0 Å². The second-order valence-corrected chi connectivity index (χ2v) is 12.0. The quantitative estimate of drug-likeness (QED) is 0.491. The van der Waals surface area contributed by atoms with Gasteiger partial charge in [0.05, 0.1) is 13.1 Å². The first-order valence-corrected chi connectivity index (χ1v) is 13.6. The third kappa shape index (κ3) is 4.37. The monoisotopic (exact) mass is 461 g/mol. The number of nitrogens with zero attached hydrogens (tertiary/aromatic N) is 2. The normalized spacial score (nSPS) is 23.4. The van der Waals surface area contributed by atoms with Crippen LogP contribution in [-0.2, 0) is 22.9 Å². The predicted molar refractivity (Wildman–Crippen MR) is 137 cm³/mol. The van der Waals surface area contributed by atoms with Gasteiger partial charge in [-0.25, -0.2) is 0 Å². The summed E-state index contributed by atoms with van der Waals surface area (Å²) in [6.07, 6.45) is 3.91. The number of fused-ring (bicyclic) bond motifs is 1. The molecule has 2 unspecified atom stereocenters. The van der Waals surface area contributed by atoms with Gasteiger partial charge in [-0.15, -0.1) is 0 Å². The molecule has 2 heterocycles. The van der Waals surface area contributed by atoms with E-state index in [-0.39, 0.29) is 15.7 Å². The van der Waals surface area contributed by atoms with Gasteiger partial charge in [-0.05, 0) is 55.5 Å². The molecule has 0 aromatic heterocycles. The number of hydrogen-bond donors (Lipinski definition) is 0. The van der Waals surface area contributed by atoms with E-state index in [1.54, 1.807) is 0 Å². The molecule has 0 saturated carbocycles. The highest BCUT2D eigenvalue weighted by atomic mass is 32.2. The molecule has 2 aliphatic rings. The molecule has 4 nitrogen and oxygen atoms in total. The van der Waals surface area contributed by atoms with Crippen LogP contribution in [0.1, 0.15) is 24.0 Å². The van der Waals surface area contributed by atoms with Crippen molar-refractivity contribution < 1.29 is 8.42 Å². The molecule has 0 bridgehead atoms. The Balaban J connectivity index is 1.37. The number of likely N-dealkylation sites (N-methyl/N-ethyl adjacent to an activating group) is 1. The number of sulfonamides is 1. The van der Waals surface area contributed by atoms with Gasteiger partial charge < -0.3 is 0 Å². The Morgan fingerprint density at radius 3 is 2.21 bits per heavy atom. The Hall–Kier alpha value is -2.47. The molecule has 0 N–H and O–H groups in total. The Morgan fingerprint density at radius 1 is 0.848 bits per heavy atom. The molecule has 0 radical (unpaired) electrons. The molecule has 5 heteroatoms. The summed E-state index contributed by atoms with van der Waals surface area (Å²) in [6, 6.07) is 27.0. The molecule has 1 saturated heterocycles. The van der Waals surface area contributed by atoms with Crippen LogP contribution in [0.5, 0.6) is 0 Å². The minimum Gasteiger partial charge on any atom is -0.295 e. The number of para-hydroxylation sites is 1. The van der Waals surface area contributed by atoms with Crippen molar-refractivity contribution in [2.45, 2.75) is 31.7 Å². The van der Waals surface area contributed by atoms with Gasteiger partial charge in [0.15, 0.2) is 5.69 Å². The second-order valence-electron chi connectivity index (χ2n) is 9.61. The van der Waals surface area contributed by atoms with Crippen LogP contribution in [-0.4, -0.2) is 51.8 Å². The van der Waals surface area contributed by atoms with Crippen molar-refractivity contribution in [3.63, 3.8) is 0 Å². The van der Waals surface area contributed by atoms with Crippen LogP contribution in [0.25, 0.3) is 11.1 Å². The topological polar surface area (TPSA) is 37.4 Å². The van der Waals surface area contributed by atoms with Crippen LogP contribution in [0.4, 0.5) is 5.69 Å². The lowest BCUT2D eigenvalue weighted by molar-refractivity contribution is 0.202. The molecule has 0 amide bonds. The fourth-order valence-electron chi connectivity index (χ4n) is 5.52. The molecule has 172 valence electrons. The first-order valence-electron chi connectivity index (χ1n) is 12.0. The van der Waals surface area contributed by atoms with Crippen molar-refractivity contribution in [2.75, 3.05) is 32.4 Å². The van der Waals surface area contributed by atoms with Crippen LogP contribution >= 0.6 is 0 Å². The van der Waals surface area contributed by atoms with E-state index in [1.807, 2.05) is 43.4 Å². The average molecular weight is 462 g/mol. The molecular formula is C28H33N2O2S+. The molecule has 0 spiro atoms. The Bertz CT molecular complexity index is 1200. The van der Waals surface area contributed by atoms with Crippen LogP contribution in [0.2, 0.25) is 0 Å². The minimum absolute atomic E-state index is 0.00639. The van der Waals surface area contributed by atoms with Crippen LogP contribution < -0.4 is 3.89 Å². The molecule has 33 heavy (non-hydrogen) atoms. The lowest BCUT2D eigenvalue weighted by Crippen LogP contribution is -2.61. The minimum atomic E-state index is -3.41. The van der Waals surface area contributed by atoms with Crippen molar-refractivity contribution >= 4 is 15.7 Å². The van der Waals surface area contributed by atoms with Gasteiger partial charge in [0, 0.05) is 11.6 Å². The van der Waals surface area contributed by atoms with Gasteiger partial charge in [0.2, 0.25) is 0 Å². The largest absolute Gasteiger partial charge is 0.302 e. The van der Waals surface area contributed by atoms with E-state index >= 15 is 0 Å². The van der Waals surface area contributed by atoms with Gasteiger partial charge in [-0.2, -0.15) is 12.3 Å². The van der Waals surface area contributed by atoms with Crippen LogP contribution in [0.3, 0.4) is 0 Å². The molecular weight excluding hydrogens is 428 g/mol. The fourth-order valence-corrected chi connectivity index (χ4v) is 7.29. The van der Waals surface area contributed by atoms with E-state index in [0.717, 1.165) is 36.3 Å². The SMILES string of the molecule is C[N+]1(S(=O)(=O)CCc2ccc(-c3ccccc3)cc2)CC(N2CCCC2)Cc2ccccc21. The summed E-state index contributed by atoms with van der Waals surface area (Å²) >= 11 is 0. The van der Waals surface area contributed by atoms with Crippen molar-refractivity contribution in [1.82, 2.24) is 8.79 Å². The zero-order valence-corrected chi connectivity index (χ0v) is 20.2. The lowest BCUT2D eigenvalue weighted by atomic mass is 9.97. The zero-order chi connectivity index (χ0) is 22.9. The maximum absolute atomic E-state index is 13.8. The Morgan fingerprint density at radius 2 is 1.48 bits per heavy atom. The summed E-state index contributed by atoms with van der Waals surface area (Å²) in [5.41, 5.74) is 5.52. The van der Waals surface area contributed by atoms with E-state index in [0.29, 0.717) is 13.0 Å². The first-order chi connectivity index (χ1) is 16.0. The number of rotatable bonds is 6. The number of benzene rings is 3. The highest BCUT2D eigenvalue weighted by Gasteiger charge is 2.47. The van der Waals surface area contributed by atoms with Gasteiger partial charge >= 0.3 is 10.0 Å². The molecule has 3 aromatic carbocycles. The summed E-state index contributed by atoms with van der Waals surface area (Å²) in [4.78, 5) is 2.50. The second kappa shape index (κ2) is 9.05. The van der Waals surface area contributed by atoms with E-state index in [1.165, 1.54) is 24.0 Å². The summed E-state index contributed by atoms with van der Waals surface area (Å²) < 4.78 is 27.7. The summed E-state index contributed by atoms with van der Waals surface area (Å²) in [5.74, 6) is 0.148. The van der Waals surface area contributed by atoms with Crippen LogP contribution in [0.15, 0.2) is 78.9 Å². The highest BCUT2D eigenvalue weighted by molar-refractivity contribution is 7.90. The maximum Gasteiger partial charge on any atom is 0.302 e. The van der Waals surface area contributed by atoms with Crippen molar-refractivity contribution in [2.24, 2.45) is 0 Å².